The molecule has 1 atom stereocenters. The molecule has 2 fully saturated rings. The van der Waals surface area contributed by atoms with E-state index < -0.39 is 0 Å². The molecule has 1 aromatic rings. The Morgan fingerprint density at radius 2 is 1.73 bits per heavy atom. The van der Waals surface area contributed by atoms with Gasteiger partial charge in [0.25, 0.3) is 0 Å². The van der Waals surface area contributed by atoms with Gasteiger partial charge < -0.3 is 0 Å². The molecule has 2 heteroatoms. The third kappa shape index (κ3) is 3.55. The van der Waals surface area contributed by atoms with Gasteiger partial charge in [-0.05, 0) is 30.7 Å². The van der Waals surface area contributed by atoms with Crippen LogP contribution in [0.15, 0.2) is 24.3 Å². The normalized spacial score (nSPS) is 25.2. The summed E-state index contributed by atoms with van der Waals surface area (Å²) in [5.74, 6) is 0. The van der Waals surface area contributed by atoms with Crippen molar-refractivity contribution in [2.45, 2.75) is 65.6 Å². The average molecular weight is 300 g/mol. The molecule has 2 nitrogen and oxygen atoms in total. The van der Waals surface area contributed by atoms with Crippen LogP contribution in [-0.4, -0.2) is 41.5 Å². The van der Waals surface area contributed by atoms with Gasteiger partial charge in [-0.3, -0.25) is 9.80 Å². The van der Waals surface area contributed by atoms with Crippen molar-refractivity contribution < 1.29 is 0 Å². The van der Waals surface area contributed by atoms with Gasteiger partial charge in [0.05, 0.1) is 0 Å². The maximum absolute atomic E-state index is 2.77. The Hall–Kier alpha value is -0.860. The maximum Gasteiger partial charge on any atom is 0.0275 e. The number of benzene rings is 1. The second kappa shape index (κ2) is 6.33. The Kier molecular flexibility index (Phi) is 4.61. The molecule has 0 aromatic heterocycles. The van der Waals surface area contributed by atoms with Crippen molar-refractivity contribution >= 4 is 0 Å². The lowest BCUT2D eigenvalue weighted by molar-refractivity contribution is -0.0209. The van der Waals surface area contributed by atoms with Gasteiger partial charge in [0, 0.05) is 38.3 Å². The van der Waals surface area contributed by atoms with Gasteiger partial charge in [-0.25, -0.2) is 0 Å². The fourth-order valence-electron chi connectivity index (χ4n) is 3.86. The highest BCUT2D eigenvalue weighted by Crippen LogP contribution is 2.33. The lowest BCUT2D eigenvalue weighted by Crippen LogP contribution is -2.60. The summed E-state index contributed by atoms with van der Waals surface area (Å²) in [7, 11) is 0. The second-order valence-corrected chi connectivity index (χ2v) is 8.42. The summed E-state index contributed by atoms with van der Waals surface area (Å²) in [5, 5.41) is 0. The van der Waals surface area contributed by atoms with Crippen molar-refractivity contribution in [3.63, 3.8) is 0 Å². The Bertz CT molecular complexity index is 481. The van der Waals surface area contributed by atoms with E-state index in [9.17, 15) is 0 Å². The molecule has 22 heavy (non-hydrogen) atoms. The Balaban J connectivity index is 1.70. The summed E-state index contributed by atoms with van der Waals surface area (Å²) < 4.78 is 0. The van der Waals surface area contributed by atoms with Crippen LogP contribution in [-0.2, 0) is 6.54 Å². The number of aryl methyl sites for hydroxylation is 1. The van der Waals surface area contributed by atoms with Crippen molar-refractivity contribution in [2.75, 3.05) is 19.6 Å². The minimum absolute atomic E-state index is 0.340. The highest BCUT2D eigenvalue weighted by Gasteiger charge is 2.38. The summed E-state index contributed by atoms with van der Waals surface area (Å²) in [6.45, 7) is 14.2. The predicted octanol–water partition coefficient (Wildman–Crippen LogP) is 4.08. The fourth-order valence-corrected chi connectivity index (χ4v) is 3.86. The summed E-state index contributed by atoms with van der Waals surface area (Å²) in [4.78, 5) is 5.49. The topological polar surface area (TPSA) is 6.48 Å². The van der Waals surface area contributed by atoms with Gasteiger partial charge >= 0.3 is 0 Å². The van der Waals surface area contributed by atoms with Crippen molar-refractivity contribution in [2.24, 2.45) is 5.41 Å². The molecule has 0 spiro atoms. The molecule has 1 aliphatic carbocycles. The first-order chi connectivity index (χ1) is 10.4. The number of rotatable bonds is 3. The highest BCUT2D eigenvalue weighted by atomic mass is 15.3. The van der Waals surface area contributed by atoms with Crippen LogP contribution < -0.4 is 0 Å². The Labute approximate surface area is 136 Å². The number of piperazine rings is 1. The monoisotopic (exact) mass is 300 g/mol. The molecular weight excluding hydrogens is 268 g/mol. The molecule has 0 amide bonds. The first-order valence-corrected chi connectivity index (χ1v) is 8.97. The van der Waals surface area contributed by atoms with Crippen LogP contribution in [0.5, 0.6) is 0 Å². The summed E-state index contributed by atoms with van der Waals surface area (Å²) in [6, 6.07) is 10.6. The molecule has 1 aromatic carbocycles. The van der Waals surface area contributed by atoms with E-state index in [4.69, 9.17) is 0 Å². The van der Waals surface area contributed by atoms with Gasteiger partial charge in [0.15, 0.2) is 0 Å². The molecule has 0 bridgehead atoms. The van der Waals surface area contributed by atoms with Crippen LogP contribution >= 0.6 is 0 Å². The van der Waals surface area contributed by atoms with E-state index in [1.54, 1.807) is 0 Å². The van der Waals surface area contributed by atoms with Gasteiger partial charge in [0.2, 0.25) is 0 Å². The van der Waals surface area contributed by atoms with Crippen molar-refractivity contribution in [3.05, 3.63) is 35.4 Å². The summed E-state index contributed by atoms with van der Waals surface area (Å²) >= 11 is 0. The number of nitrogens with zero attached hydrogens (tertiary/aromatic N) is 2. The highest BCUT2D eigenvalue weighted by molar-refractivity contribution is 5.21. The van der Waals surface area contributed by atoms with E-state index in [1.165, 1.54) is 50.0 Å². The lowest BCUT2D eigenvalue weighted by atomic mass is 9.82. The van der Waals surface area contributed by atoms with Crippen LogP contribution in [0.3, 0.4) is 0 Å². The molecule has 0 N–H and O–H groups in total. The molecule has 1 unspecified atom stereocenters. The first-order valence-electron chi connectivity index (χ1n) is 8.97. The zero-order chi connectivity index (χ0) is 15.7. The quantitative estimate of drug-likeness (QED) is 0.830. The summed E-state index contributed by atoms with van der Waals surface area (Å²) in [5.41, 5.74) is 3.15. The zero-order valence-corrected chi connectivity index (χ0v) is 14.8. The third-order valence-corrected chi connectivity index (χ3v) is 5.62. The Morgan fingerprint density at radius 1 is 1.05 bits per heavy atom. The van der Waals surface area contributed by atoms with Crippen LogP contribution in [0, 0.1) is 12.3 Å². The number of hydrogen-bond donors (Lipinski definition) is 0. The molecule has 122 valence electrons. The number of hydrogen-bond acceptors (Lipinski definition) is 2. The molecule has 0 radical (unpaired) electrons. The van der Waals surface area contributed by atoms with Crippen LogP contribution in [0.2, 0.25) is 0 Å². The van der Waals surface area contributed by atoms with Crippen LogP contribution in [0.4, 0.5) is 0 Å². The van der Waals surface area contributed by atoms with E-state index in [-0.39, 0.29) is 0 Å². The van der Waals surface area contributed by atoms with Crippen LogP contribution in [0.1, 0.15) is 51.2 Å². The predicted molar refractivity (Wildman–Crippen MR) is 94.0 cm³/mol. The Morgan fingerprint density at radius 3 is 2.27 bits per heavy atom. The van der Waals surface area contributed by atoms with E-state index in [0.29, 0.717) is 11.5 Å². The van der Waals surface area contributed by atoms with Crippen molar-refractivity contribution in [3.8, 4) is 0 Å². The van der Waals surface area contributed by atoms with Crippen molar-refractivity contribution in [1.82, 2.24) is 9.80 Å². The van der Waals surface area contributed by atoms with Crippen LogP contribution in [0.25, 0.3) is 0 Å². The molecular formula is C20H32N2. The largest absolute Gasteiger partial charge is 0.298 e. The van der Waals surface area contributed by atoms with E-state index >= 15 is 0 Å². The van der Waals surface area contributed by atoms with Gasteiger partial charge in [-0.1, -0.05) is 57.0 Å². The molecule has 1 aliphatic heterocycles. The molecule has 1 heterocycles. The lowest BCUT2D eigenvalue weighted by Gasteiger charge is -2.51. The van der Waals surface area contributed by atoms with E-state index in [1.807, 2.05) is 0 Å². The van der Waals surface area contributed by atoms with Gasteiger partial charge in [-0.15, -0.1) is 0 Å². The smallest absolute Gasteiger partial charge is 0.0275 e. The molecule has 2 aliphatic rings. The minimum atomic E-state index is 0.340. The SMILES string of the molecule is Cc1ccc(CN2CCN(C3CCC3)CC2C(C)(C)C)cc1. The van der Waals surface area contributed by atoms with Gasteiger partial charge in [0.1, 0.15) is 0 Å². The molecule has 1 saturated carbocycles. The van der Waals surface area contributed by atoms with E-state index in [0.717, 1.165) is 12.6 Å². The molecule has 3 rings (SSSR count). The first kappa shape index (κ1) is 16.0. The van der Waals surface area contributed by atoms with E-state index in [2.05, 4.69) is 61.8 Å². The maximum atomic E-state index is 2.77. The third-order valence-electron chi connectivity index (χ3n) is 5.62. The molecule has 1 saturated heterocycles. The van der Waals surface area contributed by atoms with Crippen molar-refractivity contribution in [1.29, 1.82) is 0 Å². The minimum Gasteiger partial charge on any atom is -0.298 e. The second-order valence-electron chi connectivity index (χ2n) is 8.42. The fraction of sp³-hybridized carbons (Fsp3) is 0.700. The zero-order valence-electron chi connectivity index (χ0n) is 14.8. The average Bonchev–Trinajstić information content (AvgIpc) is 2.40. The summed E-state index contributed by atoms with van der Waals surface area (Å²) in [6.07, 6.45) is 4.29. The van der Waals surface area contributed by atoms with Gasteiger partial charge in [-0.2, -0.15) is 0 Å². The standard InChI is InChI=1S/C20H32N2/c1-16-8-10-17(11-9-16)14-22-13-12-21(18-6-5-7-18)15-19(22)20(2,3)4/h8-11,18-19H,5-7,12-15H2,1-4H3.